The van der Waals surface area contributed by atoms with Gasteiger partial charge in [-0.15, -0.1) is 0 Å². The van der Waals surface area contributed by atoms with Gasteiger partial charge in [0.25, 0.3) is 5.91 Å². The van der Waals surface area contributed by atoms with Crippen LogP contribution in [0.15, 0.2) is 48.5 Å². The lowest BCUT2D eigenvalue weighted by Crippen LogP contribution is -2.38. The third kappa shape index (κ3) is 5.56. The fourth-order valence-electron chi connectivity index (χ4n) is 2.92. The molecule has 0 bridgehead atoms. The van der Waals surface area contributed by atoms with Gasteiger partial charge in [-0.05, 0) is 43.7 Å². The summed E-state index contributed by atoms with van der Waals surface area (Å²) >= 11 is 0. The third-order valence-corrected chi connectivity index (χ3v) is 4.37. The fourth-order valence-corrected chi connectivity index (χ4v) is 2.92. The second-order valence-corrected chi connectivity index (χ2v) is 6.49. The lowest BCUT2D eigenvalue weighted by atomic mass is 10.1. The van der Waals surface area contributed by atoms with Crippen LogP contribution < -0.4 is 15.8 Å². The molecule has 0 spiro atoms. The first-order chi connectivity index (χ1) is 14.4. The van der Waals surface area contributed by atoms with Crippen LogP contribution in [0.25, 0.3) is 10.9 Å². The standard InChI is InChI=1S/C21H23N3O3.CO2/c1-3-14(24-21(26)15-7-4-5-9-18(15)25)12-27-19-10-6-8-17-20(19)16(22)11-13(2)23-17;2-1-3/h4-11,14,25H,3,12H2,1-2H3,(H2,22,23)(H,24,26);/t14-;/m0./s1. The number of nitrogens with one attached hydrogen (secondary N) is 1. The van der Waals surface area contributed by atoms with Crippen LogP contribution in [0.3, 0.4) is 0 Å². The summed E-state index contributed by atoms with van der Waals surface area (Å²) in [6, 6.07) is 13.6. The molecule has 8 nitrogen and oxygen atoms in total. The van der Waals surface area contributed by atoms with Gasteiger partial charge in [-0.25, -0.2) is 0 Å². The minimum absolute atomic E-state index is 0.0472. The second kappa shape index (κ2) is 10.6. The van der Waals surface area contributed by atoms with Crippen molar-refractivity contribution < 1.29 is 24.2 Å². The normalized spacial score (nSPS) is 11.0. The van der Waals surface area contributed by atoms with Crippen molar-refractivity contribution in [1.29, 1.82) is 0 Å². The molecule has 0 saturated heterocycles. The maximum Gasteiger partial charge on any atom is 0.373 e. The predicted molar refractivity (Wildman–Crippen MR) is 111 cm³/mol. The molecule has 0 unspecified atom stereocenters. The molecule has 0 fully saturated rings. The Morgan fingerprint density at radius 1 is 1.23 bits per heavy atom. The highest BCUT2D eigenvalue weighted by atomic mass is 16.5. The molecule has 4 N–H and O–H groups in total. The number of benzene rings is 2. The van der Waals surface area contributed by atoms with E-state index in [9.17, 15) is 9.90 Å². The van der Waals surface area contributed by atoms with E-state index in [-0.39, 0.29) is 36.0 Å². The number of phenolic OH excluding ortho intramolecular Hbond substituents is 1. The number of ether oxygens (including phenoxy) is 1. The Balaban J connectivity index is 0.00000101. The van der Waals surface area contributed by atoms with E-state index in [0.29, 0.717) is 17.9 Å². The number of hydrogen-bond donors (Lipinski definition) is 3. The molecule has 0 saturated carbocycles. The molecule has 0 aliphatic rings. The zero-order valence-electron chi connectivity index (χ0n) is 16.7. The molecule has 0 radical (unpaired) electrons. The summed E-state index contributed by atoms with van der Waals surface area (Å²) in [7, 11) is 0. The number of pyridine rings is 1. The summed E-state index contributed by atoms with van der Waals surface area (Å²) in [5, 5.41) is 13.5. The smallest absolute Gasteiger partial charge is 0.373 e. The van der Waals surface area contributed by atoms with Gasteiger partial charge in [0, 0.05) is 11.4 Å². The van der Waals surface area contributed by atoms with Gasteiger partial charge in [-0.3, -0.25) is 9.78 Å². The molecule has 1 heterocycles. The number of rotatable bonds is 6. The van der Waals surface area contributed by atoms with Crippen molar-refractivity contribution >= 4 is 28.6 Å². The van der Waals surface area contributed by atoms with Gasteiger partial charge in [0.15, 0.2) is 0 Å². The van der Waals surface area contributed by atoms with Crippen LogP contribution in [0, 0.1) is 6.92 Å². The molecule has 156 valence electrons. The summed E-state index contributed by atoms with van der Waals surface area (Å²) in [6.07, 6.45) is 0.928. The highest BCUT2D eigenvalue weighted by Crippen LogP contribution is 2.30. The predicted octanol–water partition coefficient (Wildman–Crippen LogP) is 2.83. The SMILES string of the molecule is CC[C@@H](COc1cccc2nc(C)cc(N)c12)NC(=O)c1ccccc1O.O=C=O. The average Bonchev–Trinajstić information content (AvgIpc) is 2.71. The number of nitrogens with two attached hydrogens (primary N) is 1. The number of aromatic nitrogens is 1. The van der Waals surface area contributed by atoms with Crippen molar-refractivity contribution in [1.82, 2.24) is 10.3 Å². The number of carbonyl (C=O) groups is 1. The fraction of sp³-hybridized carbons (Fsp3) is 0.227. The quantitative estimate of drug-likeness (QED) is 0.570. The van der Waals surface area contributed by atoms with Crippen molar-refractivity contribution in [2.75, 3.05) is 12.3 Å². The Labute approximate surface area is 173 Å². The van der Waals surface area contributed by atoms with Gasteiger partial charge < -0.3 is 20.9 Å². The van der Waals surface area contributed by atoms with Crippen LogP contribution >= 0.6 is 0 Å². The lowest BCUT2D eigenvalue weighted by molar-refractivity contribution is -0.191. The highest BCUT2D eigenvalue weighted by Gasteiger charge is 2.16. The van der Waals surface area contributed by atoms with Gasteiger partial charge in [0.05, 0.1) is 22.5 Å². The molecule has 3 rings (SSSR count). The first kappa shape index (κ1) is 22.4. The van der Waals surface area contributed by atoms with Gasteiger partial charge >= 0.3 is 6.15 Å². The number of nitrogen functional groups attached to an aromatic ring is 1. The number of hydrogen-bond acceptors (Lipinski definition) is 7. The molecule has 30 heavy (non-hydrogen) atoms. The van der Waals surface area contributed by atoms with Crippen molar-refractivity contribution in [3.63, 3.8) is 0 Å². The van der Waals surface area contributed by atoms with Crippen molar-refractivity contribution in [2.45, 2.75) is 26.3 Å². The molecule has 3 aromatic rings. The number of aromatic hydroxyl groups is 1. The maximum absolute atomic E-state index is 12.4. The molecule has 1 aromatic heterocycles. The number of carbonyl (C=O) groups excluding carboxylic acids is 3. The number of aryl methyl sites for hydroxylation is 1. The Morgan fingerprint density at radius 3 is 2.60 bits per heavy atom. The summed E-state index contributed by atoms with van der Waals surface area (Å²) in [4.78, 5) is 33.1. The van der Waals surface area contributed by atoms with E-state index in [1.807, 2.05) is 38.1 Å². The first-order valence-electron chi connectivity index (χ1n) is 9.28. The van der Waals surface area contributed by atoms with Crippen LogP contribution in [0.4, 0.5) is 5.69 Å². The molecule has 2 aromatic carbocycles. The van der Waals surface area contributed by atoms with Crippen LogP contribution in [-0.4, -0.2) is 34.8 Å². The first-order valence-corrected chi connectivity index (χ1v) is 9.28. The maximum atomic E-state index is 12.4. The molecule has 0 aliphatic heterocycles. The number of nitrogens with zero attached hydrogens (tertiary/aromatic N) is 1. The van der Waals surface area contributed by atoms with E-state index < -0.39 is 0 Å². The molecule has 8 heteroatoms. The zero-order valence-corrected chi connectivity index (χ0v) is 16.7. The molecule has 1 atom stereocenters. The second-order valence-electron chi connectivity index (χ2n) is 6.49. The van der Waals surface area contributed by atoms with Crippen molar-refractivity contribution in [3.05, 3.63) is 59.8 Å². The molecule has 0 aliphatic carbocycles. The summed E-state index contributed by atoms with van der Waals surface area (Å²) in [5.41, 5.74) is 8.62. The molecular formula is C22H23N3O5. The van der Waals surface area contributed by atoms with Gasteiger partial charge in [0.2, 0.25) is 0 Å². The van der Waals surface area contributed by atoms with Gasteiger partial charge in [-0.2, -0.15) is 9.59 Å². The van der Waals surface area contributed by atoms with E-state index in [0.717, 1.165) is 16.6 Å². The number of para-hydroxylation sites is 1. The number of fused-ring (bicyclic) bond motifs is 1. The Hall–Kier alpha value is -3.90. The summed E-state index contributed by atoms with van der Waals surface area (Å²) < 4.78 is 5.96. The highest BCUT2D eigenvalue weighted by molar-refractivity contribution is 5.97. The van der Waals surface area contributed by atoms with Crippen LogP contribution in [-0.2, 0) is 9.59 Å². The van der Waals surface area contributed by atoms with E-state index in [4.69, 9.17) is 20.1 Å². The monoisotopic (exact) mass is 409 g/mol. The zero-order chi connectivity index (χ0) is 22.1. The Morgan fingerprint density at radius 2 is 1.93 bits per heavy atom. The summed E-state index contributed by atoms with van der Waals surface area (Å²) in [6.45, 7) is 4.13. The van der Waals surface area contributed by atoms with E-state index in [2.05, 4.69) is 10.3 Å². The largest absolute Gasteiger partial charge is 0.507 e. The van der Waals surface area contributed by atoms with Crippen LogP contribution in [0.2, 0.25) is 0 Å². The van der Waals surface area contributed by atoms with Crippen LogP contribution in [0.5, 0.6) is 11.5 Å². The topological polar surface area (TPSA) is 132 Å². The van der Waals surface area contributed by atoms with Gasteiger partial charge in [0.1, 0.15) is 18.1 Å². The van der Waals surface area contributed by atoms with Crippen molar-refractivity contribution in [2.24, 2.45) is 0 Å². The van der Waals surface area contributed by atoms with Crippen LogP contribution in [0.1, 0.15) is 29.4 Å². The third-order valence-electron chi connectivity index (χ3n) is 4.37. The number of anilines is 1. The number of phenols is 1. The number of amides is 1. The van der Waals surface area contributed by atoms with Gasteiger partial charge in [-0.1, -0.05) is 25.1 Å². The molecule has 1 amide bonds. The Bertz CT molecular complexity index is 1060. The Kier molecular flexibility index (Phi) is 7.90. The minimum Gasteiger partial charge on any atom is -0.507 e. The van der Waals surface area contributed by atoms with E-state index in [1.54, 1.807) is 18.2 Å². The molecular weight excluding hydrogens is 386 g/mol. The van der Waals surface area contributed by atoms with Crippen molar-refractivity contribution in [3.8, 4) is 11.5 Å². The van der Waals surface area contributed by atoms with E-state index >= 15 is 0 Å². The average molecular weight is 409 g/mol. The van der Waals surface area contributed by atoms with E-state index in [1.165, 1.54) is 6.07 Å². The summed E-state index contributed by atoms with van der Waals surface area (Å²) in [5.74, 6) is 0.250. The minimum atomic E-state index is -0.335. The lowest BCUT2D eigenvalue weighted by Gasteiger charge is -2.19.